The summed E-state index contributed by atoms with van der Waals surface area (Å²) in [4.78, 5) is 24.1. The van der Waals surface area contributed by atoms with E-state index >= 15 is 0 Å². The van der Waals surface area contributed by atoms with Crippen LogP contribution in [0.1, 0.15) is 29.3 Å². The third kappa shape index (κ3) is 5.42. The van der Waals surface area contributed by atoms with Crippen LogP contribution in [-0.2, 0) is 11.2 Å². The highest BCUT2D eigenvalue weighted by molar-refractivity contribution is 6.33. The van der Waals surface area contributed by atoms with Crippen molar-refractivity contribution in [2.24, 2.45) is 0 Å². The average molecular weight is 416 g/mol. The number of nitrogens with one attached hydrogen (secondary N) is 2. The molecule has 3 aromatic rings. The summed E-state index contributed by atoms with van der Waals surface area (Å²) >= 11 is 5.84. The van der Waals surface area contributed by atoms with E-state index in [4.69, 9.17) is 16.1 Å². The number of rotatable bonds is 7. The zero-order valence-electron chi connectivity index (χ0n) is 15.7. The maximum absolute atomic E-state index is 13.0. The van der Waals surface area contributed by atoms with Gasteiger partial charge in [0.2, 0.25) is 11.8 Å². The molecule has 2 N–H and O–H groups in total. The van der Waals surface area contributed by atoms with Gasteiger partial charge in [-0.25, -0.2) is 4.39 Å². The number of halogens is 2. The van der Waals surface area contributed by atoms with Crippen LogP contribution in [0.5, 0.6) is 0 Å². The molecule has 0 aliphatic heterocycles. The van der Waals surface area contributed by atoms with Gasteiger partial charge in [0.15, 0.2) is 0 Å². The summed E-state index contributed by atoms with van der Waals surface area (Å²) in [5, 5.41) is 9.12. The van der Waals surface area contributed by atoms with Crippen LogP contribution in [0.2, 0.25) is 5.02 Å². The molecule has 0 fully saturated rings. The number of benzene rings is 2. The minimum Gasteiger partial charge on any atom is -0.351 e. The molecule has 8 heteroatoms. The summed E-state index contributed by atoms with van der Waals surface area (Å²) in [5.41, 5.74) is 2.86. The minimum atomic E-state index is -0.529. The van der Waals surface area contributed by atoms with Crippen LogP contribution in [-0.4, -0.2) is 23.5 Å². The van der Waals surface area contributed by atoms with Gasteiger partial charge in [0.1, 0.15) is 11.5 Å². The molecule has 1 aromatic heterocycles. The van der Waals surface area contributed by atoms with E-state index in [1.165, 1.54) is 11.6 Å². The third-order valence-corrected chi connectivity index (χ3v) is 4.56. The number of anilines is 1. The molecule has 150 valence electrons. The molecule has 2 amide bonds. The number of hydrogen-bond donors (Lipinski definition) is 2. The Balaban J connectivity index is 1.49. The van der Waals surface area contributed by atoms with Crippen LogP contribution in [0.4, 0.5) is 10.3 Å². The molecule has 6 nitrogen and oxygen atoms in total. The molecule has 2 aromatic carbocycles. The van der Waals surface area contributed by atoms with Gasteiger partial charge in [-0.15, -0.1) is 0 Å². The highest BCUT2D eigenvalue weighted by atomic mass is 35.5. The summed E-state index contributed by atoms with van der Waals surface area (Å²) in [6.07, 6.45) is 0.968. The molecule has 0 bridgehead atoms. The molecular formula is C21H19ClFN3O3. The molecule has 0 aliphatic rings. The Kier molecular flexibility index (Phi) is 6.61. The van der Waals surface area contributed by atoms with Crippen molar-refractivity contribution in [3.63, 3.8) is 0 Å². The van der Waals surface area contributed by atoms with E-state index in [0.29, 0.717) is 5.69 Å². The predicted molar refractivity (Wildman–Crippen MR) is 108 cm³/mol. The zero-order chi connectivity index (χ0) is 20.8. The van der Waals surface area contributed by atoms with Crippen LogP contribution in [0.15, 0.2) is 53.1 Å². The van der Waals surface area contributed by atoms with Gasteiger partial charge in [-0.1, -0.05) is 47.9 Å². The van der Waals surface area contributed by atoms with Crippen molar-refractivity contribution in [2.75, 3.05) is 11.9 Å². The summed E-state index contributed by atoms with van der Waals surface area (Å²) < 4.78 is 18.2. The lowest BCUT2D eigenvalue weighted by Gasteiger charge is -2.06. The van der Waals surface area contributed by atoms with Crippen LogP contribution in [0, 0.1) is 5.82 Å². The van der Waals surface area contributed by atoms with Crippen LogP contribution in [0.3, 0.4) is 0 Å². The van der Waals surface area contributed by atoms with E-state index in [2.05, 4.69) is 22.7 Å². The molecule has 0 aliphatic carbocycles. The highest BCUT2D eigenvalue weighted by Gasteiger charge is 2.13. The van der Waals surface area contributed by atoms with E-state index in [-0.39, 0.29) is 35.3 Å². The monoisotopic (exact) mass is 415 g/mol. The van der Waals surface area contributed by atoms with Crippen molar-refractivity contribution in [2.45, 2.75) is 19.8 Å². The number of carbonyl (C=O) groups is 2. The molecule has 29 heavy (non-hydrogen) atoms. The first kappa shape index (κ1) is 20.5. The fourth-order valence-electron chi connectivity index (χ4n) is 2.64. The lowest BCUT2D eigenvalue weighted by atomic mass is 10.1. The predicted octanol–water partition coefficient (Wildman–Crippen LogP) is 4.46. The summed E-state index contributed by atoms with van der Waals surface area (Å²) in [6.45, 7) is 2.16. The lowest BCUT2D eigenvalue weighted by Crippen LogP contribution is -2.27. The van der Waals surface area contributed by atoms with Gasteiger partial charge in [0, 0.05) is 24.6 Å². The average Bonchev–Trinajstić information content (AvgIpc) is 3.16. The van der Waals surface area contributed by atoms with E-state index < -0.39 is 11.7 Å². The Morgan fingerprint density at radius 1 is 1.14 bits per heavy atom. The van der Waals surface area contributed by atoms with Crippen LogP contribution < -0.4 is 10.6 Å². The van der Waals surface area contributed by atoms with Crippen molar-refractivity contribution in [1.29, 1.82) is 0 Å². The van der Waals surface area contributed by atoms with Gasteiger partial charge in [0.05, 0.1) is 10.6 Å². The molecule has 3 rings (SSSR count). The van der Waals surface area contributed by atoms with Crippen molar-refractivity contribution < 1.29 is 18.5 Å². The van der Waals surface area contributed by atoms with E-state index in [1.807, 2.05) is 24.3 Å². The third-order valence-electron chi connectivity index (χ3n) is 4.24. The Morgan fingerprint density at radius 2 is 1.90 bits per heavy atom. The fourth-order valence-corrected chi connectivity index (χ4v) is 2.89. The van der Waals surface area contributed by atoms with Gasteiger partial charge >= 0.3 is 0 Å². The molecule has 0 saturated carbocycles. The Hall–Kier alpha value is -3.19. The number of hydrogen-bond acceptors (Lipinski definition) is 4. The first-order valence-corrected chi connectivity index (χ1v) is 9.43. The van der Waals surface area contributed by atoms with Crippen molar-refractivity contribution in [3.05, 3.63) is 70.5 Å². The number of aromatic nitrogens is 1. The zero-order valence-corrected chi connectivity index (χ0v) is 16.4. The number of carbonyl (C=O) groups excluding carboxylic acids is 2. The van der Waals surface area contributed by atoms with Crippen LogP contribution >= 0.6 is 11.6 Å². The van der Waals surface area contributed by atoms with Crippen molar-refractivity contribution >= 4 is 29.3 Å². The van der Waals surface area contributed by atoms with Gasteiger partial charge < -0.3 is 9.84 Å². The maximum Gasteiger partial charge on any atom is 0.252 e. The Bertz CT molecular complexity index is 1020. The number of aryl methyl sites for hydroxylation is 1. The van der Waals surface area contributed by atoms with Crippen molar-refractivity contribution in [1.82, 2.24) is 10.5 Å². The molecule has 0 radical (unpaired) electrons. The molecule has 0 atom stereocenters. The number of amides is 2. The van der Waals surface area contributed by atoms with Gasteiger partial charge in [-0.2, -0.15) is 0 Å². The Labute approximate surface area is 172 Å². The normalized spacial score (nSPS) is 10.6. The second-order valence-electron chi connectivity index (χ2n) is 6.31. The molecular weight excluding hydrogens is 397 g/mol. The largest absolute Gasteiger partial charge is 0.351 e. The molecule has 1 heterocycles. The topological polar surface area (TPSA) is 84.2 Å². The standard InChI is InChI=1S/C21H19ClFN3O3/c1-2-13-3-5-14(6-4-13)18-12-20(29-26-18)25-19(27)9-10-24-21(28)16-8-7-15(23)11-17(16)22/h3-8,11-12H,2,9-10H2,1H3,(H,24,28)(H,25,27). The first-order chi connectivity index (χ1) is 14.0. The quantitative estimate of drug-likeness (QED) is 0.596. The van der Waals surface area contributed by atoms with E-state index in [0.717, 1.165) is 24.1 Å². The van der Waals surface area contributed by atoms with Crippen LogP contribution in [0.25, 0.3) is 11.3 Å². The fraction of sp³-hybridized carbons (Fsp3) is 0.190. The second-order valence-corrected chi connectivity index (χ2v) is 6.71. The second kappa shape index (κ2) is 9.34. The van der Waals surface area contributed by atoms with Gasteiger partial charge in [-0.3, -0.25) is 14.9 Å². The molecule has 0 unspecified atom stereocenters. The first-order valence-electron chi connectivity index (χ1n) is 9.05. The molecule has 0 spiro atoms. The summed E-state index contributed by atoms with van der Waals surface area (Å²) in [5.74, 6) is -1.14. The van der Waals surface area contributed by atoms with E-state index in [9.17, 15) is 14.0 Å². The minimum absolute atomic E-state index is 0.00751. The SMILES string of the molecule is CCc1ccc(-c2cc(NC(=O)CCNC(=O)c3ccc(F)cc3Cl)on2)cc1. The smallest absolute Gasteiger partial charge is 0.252 e. The molecule has 0 saturated heterocycles. The lowest BCUT2D eigenvalue weighted by molar-refractivity contribution is -0.116. The summed E-state index contributed by atoms with van der Waals surface area (Å²) in [6, 6.07) is 13.0. The maximum atomic E-state index is 13.0. The highest BCUT2D eigenvalue weighted by Crippen LogP contribution is 2.22. The number of nitrogens with zero attached hydrogens (tertiary/aromatic N) is 1. The van der Waals surface area contributed by atoms with Gasteiger partial charge in [-0.05, 0) is 30.2 Å². The summed E-state index contributed by atoms with van der Waals surface area (Å²) in [7, 11) is 0. The Morgan fingerprint density at radius 3 is 2.59 bits per heavy atom. The van der Waals surface area contributed by atoms with Gasteiger partial charge in [0.25, 0.3) is 5.91 Å². The van der Waals surface area contributed by atoms with Crippen molar-refractivity contribution in [3.8, 4) is 11.3 Å². The van der Waals surface area contributed by atoms with E-state index in [1.54, 1.807) is 6.07 Å².